The number of fused-ring (bicyclic) bond motifs is 2. The highest BCUT2D eigenvalue weighted by Crippen LogP contribution is 2.37. The molecule has 0 fully saturated rings. The molecule has 0 spiro atoms. The molecule has 2 aromatic heterocycles. The average Bonchev–Trinajstić information content (AvgIpc) is 3.08. The van der Waals surface area contributed by atoms with Crippen LogP contribution < -0.4 is 10.2 Å². The Bertz CT molecular complexity index is 824. The third-order valence-corrected chi connectivity index (χ3v) is 5.04. The van der Waals surface area contributed by atoms with Crippen molar-refractivity contribution in [2.75, 3.05) is 12.5 Å². The van der Waals surface area contributed by atoms with E-state index in [1.807, 2.05) is 23.0 Å². The fraction of sp³-hybridized carbons (Fsp3) is 0.154. The van der Waals surface area contributed by atoms with Gasteiger partial charge in [-0.2, -0.15) is 0 Å². The van der Waals surface area contributed by atoms with E-state index in [0.717, 1.165) is 21.8 Å². The Morgan fingerprint density at radius 3 is 3.10 bits per heavy atom. The molecule has 1 aliphatic heterocycles. The molecule has 21 heavy (non-hydrogen) atoms. The minimum Gasteiger partial charge on any atom is -0.495 e. The van der Waals surface area contributed by atoms with Crippen LogP contribution in [0.2, 0.25) is 5.02 Å². The van der Waals surface area contributed by atoms with Crippen LogP contribution in [0.4, 0.5) is 0 Å². The van der Waals surface area contributed by atoms with E-state index in [9.17, 15) is 0 Å². The highest BCUT2D eigenvalue weighted by molar-refractivity contribution is 9.11. The molecule has 1 aromatic carbocycles. The summed E-state index contributed by atoms with van der Waals surface area (Å²) in [5.41, 5.74) is 4.69. The van der Waals surface area contributed by atoms with Gasteiger partial charge in [0.1, 0.15) is 21.3 Å². The lowest BCUT2D eigenvalue weighted by Crippen LogP contribution is -2.11. The molecule has 1 unspecified atom stereocenters. The molecule has 0 amide bonds. The van der Waals surface area contributed by atoms with Crippen molar-refractivity contribution in [1.29, 1.82) is 0 Å². The third-order valence-electron chi connectivity index (χ3n) is 3.17. The van der Waals surface area contributed by atoms with Crippen molar-refractivity contribution in [3.8, 4) is 17.2 Å². The second-order valence-electron chi connectivity index (χ2n) is 4.48. The number of alkyl halides is 1. The van der Waals surface area contributed by atoms with Crippen molar-refractivity contribution >= 4 is 50.3 Å². The van der Waals surface area contributed by atoms with E-state index in [2.05, 4.69) is 26.3 Å². The van der Waals surface area contributed by atoms with E-state index in [-0.39, 0.29) is 4.28 Å². The van der Waals surface area contributed by atoms with Gasteiger partial charge >= 0.3 is 0 Å². The Balaban J connectivity index is 1.79. The Hall–Kier alpha value is -1.31. The van der Waals surface area contributed by atoms with Gasteiger partial charge in [-0.05, 0) is 23.9 Å². The predicted molar refractivity (Wildman–Crippen MR) is 86.9 cm³/mol. The summed E-state index contributed by atoms with van der Waals surface area (Å²) in [6.45, 7) is 0. The first-order chi connectivity index (χ1) is 10.1. The summed E-state index contributed by atoms with van der Waals surface area (Å²) in [6.07, 6.45) is 1.90. The molecule has 0 aliphatic carbocycles. The predicted octanol–water partition coefficient (Wildman–Crippen LogP) is 4.29. The van der Waals surface area contributed by atoms with Crippen molar-refractivity contribution in [3.05, 3.63) is 29.4 Å². The van der Waals surface area contributed by atoms with Gasteiger partial charge in [0, 0.05) is 11.5 Å². The number of methoxy groups -OCH3 is 1. The number of benzene rings is 1. The normalized spacial score (nSPS) is 17.0. The minimum absolute atomic E-state index is 0.146. The molecule has 108 valence electrons. The summed E-state index contributed by atoms with van der Waals surface area (Å²) in [4.78, 5) is 4.55. The van der Waals surface area contributed by atoms with Crippen molar-refractivity contribution in [3.63, 3.8) is 0 Å². The monoisotopic (exact) mass is 385 g/mol. The lowest BCUT2D eigenvalue weighted by Gasteiger charge is -2.01. The highest BCUT2D eigenvalue weighted by Gasteiger charge is 2.23. The fourth-order valence-electron chi connectivity index (χ4n) is 2.21. The van der Waals surface area contributed by atoms with Crippen LogP contribution in [0, 0.1) is 0 Å². The molecule has 1 aliphatic rings. The van der Waals surface area contributed by atoms with E-state index >= 15 is 0 Å². The molecule has 0 radical (unpaired) electrons. The summed E-state index contributed by atoms with van der Waals surface area (Å²) in [5, 5.41) is 2.37. The summed E-state index contributed by atoms with van der Waals surface area (Å²) >= 11 is 11.2. The molecule has 0 bridgehead atoms. The molecular formula is C13H9BrClN3O2S. The van der Waals surface area contributed by atoms with Gasteiger partial charge in [0.15, 0.2) is 10.9 Å². The van der Waals surface area contributed by atoms with Gasteiger partial charge < -0.3 is 9.15 Å². The number of aromatic nitrogens is 2. The Labute approximate surface area is 137 Å². The van der Waals surface area contributed by atoms with Gasteiger partial charge in [-0.25, -0.2) is 9.66 Å². The van der Waals surface area contributed by atoms with Gasteiger partial charge in [0.05, 0.1) is 18.3 Å². The number of nitrogens with one attached hydrogen (secondary N) is 1. The first-order valence-corrected chi connectivity index (χ1v) is 8.25. The number of thioether (sulfide) groups is 1. The number of halogens is 2. The zero-order chi connectivity index (χ0) is 14.6. The van der Waals surface area contributed by atoms with Gasteiger partial charge in [0.25, 0.3) is 0 Å². The van der Waals surface area contributed by atoms with Crippen molar-refractivity contribution < 1.29 is 9.15 Å². The number of imidazole rings is 1. The molecule has 3 aromatic rings. The molecule has 0 saturated carbocycles. The Morgan fingerprint density at radius 2 is 2.33 bits per heavy atom. The van der Waals surface area contributed by atoms with Crippen molar-refractivity contribution in [1.82, 2.24) is 9.66 Å². The number of nitrogens with zero attached hydrogens (tertiary/aromatic N) is 2. The maximum atomic E-state index is 6.13. The van der Waals surface area contributed by atoms with E-state index in [1.165, 1.54) is 0 Å². The van der Waals surface area contributed by atoms with Crippen LogP contribution in [0.5, 0.6) is 5.75 Å². The van der Waals surface area contributed by atoms with E-state index < -0.39 is 0 Å². The Kier molecular flexibility index (Phi) is 3.09. The van der Waals surface area contributed by atoms with Crippen LogP contribution >= 0.6 is 39.3 Å². The second-order valence-corrected chi connectivity index (χ2v) is 7.48. The highest BCUT2D eigenvalue weighted by atomic mass is 79.9. The van der Waals surface area contributed by atoms with Crippen LogP contribution in [-0.4, -0.2) is 21.1 Å². The third kappa shape index (κ3) is 2.20. The number of hydrogen-bond donors (Lipinski definition) is 1. The molecule has 0 saturated heterocycles. The number of hydrogen-bond acceptors (Lipinski definition) is 5. The van der Waals surface area contributed by atoms with Gasteiger partial charge in [-0.15, -0.1) is 0 Å². The second kappa shape index (κ2) is 4.86. The molecule has 4 rings (SSSR count). The largest absolute Gasteiger partial charge is 0.495 e. The Morgan fingerprint density at radius 1 is 1.48 bits per heavy atom. The standard InChI is InChI=1S/C13H9BrClN3O2S/c1-19-10-4-9-6(2-7(10)15)3-11(20-9)8-5-18-13(16-8)21-12(14)17-18/h2-5,12,17H,1H3. The van der Waals surface area contributed by atoms with Crippen LogP contribution in [0.25, 0.3) is 22.4 Å². The lowest BCUT2D eigenvalue weighted by atomic mass is 10.2. The molecule has 8 heteroatoms. The maximum Gasteiger partial charge on any atom is 0.190 e. The van der Waals surface area contributed by atoms with Crippen LogP contribution in [0.15, 0.2) is 34.0 Å². The molecule has 1 atom stereocenters. The topological polar surface area (TPSA) is 52.2 Å². The fourth-order valence-corrected chi connectivity index (χ4v) is 3.90. The van der Waals surface area contributed by atoms with Gasteiger partial charge in [-0.3, -0.25) is 5.43 Å². The molecule has 1 N–H and O–H groups in total. The maximum absolute atomic E-state index is 6.13. The summed E-state index contributed by atoms with van der Waals surface area (Å²) in [7, 11) is 1.58. The van der Waals surface area contributed by atoms with Gasteiger partial charge in [0.2, 0.25) is 0 Å². The van der Waals surface area contributed by atoms with Crippen LogP contribution in [-0.2, 0) is 0 Å². The van der Waals surface area contributed by atoms with Crippen LogP contribution in [0.1, 0.15) is 0 Å². The zero-order valence-electron chi connectivity index (χ0n) is 10.8. The van der Waals surface area contributed by atoms with Gasteiger partial charge in [-0.1, -0.05) is 27.5 Å². The zero-order valence-corrected chi connectivity index (χ0v) is 13.9. The van der Waals surface area contributed by atoms with E-state index in [0.29, 0.717) is 16.5 Å². The molecule has 3 heterocycles. The average molecular weight is 387 g/mol. The lowest BCUT2D eigenvalue weighted by molar-refractivity contribution is 0.415. The summed E-state index contributed by atoms with van der Waals surface area (Å²) in [6, 6.07) is 5.54. The smallest absolute Gasteiger partial charge is 0.190 e. The minimum atomic E-state index is 0.146. The molecular weight excluding hydrogens is 378 g/mol. The first-order valence-electron chi connectivity index (χ1n) is 6.08. The molecule has 5 nitrogen and oxygen atoms in total. The van der Waals surface area contributed by atoms with Crippen molar-refractivity contribution in [2.45, 2.75) is 9.44 Å². The summed E-state index contributed by atoms with van der Waals surface area (Å²) in [5.74, 6) is 1.29. The van der Waals surface area contributed by atoms with E-state index in [4.69, 9.17) is 20.8 Å². The summed E-state index contributed by atoms with van der Waals surface area (Å²) < 4.78 is 13.1. The number of rotatable bonds is 2. The first kappa shape index (κ1) is 13.4. The van der Waals surface area contributed by atoms with Crippen LogP contribution in [0.3, 0.4) is 0 Å². The SMILES string of the molecule is COc1cc2oc(-c3cn4c(n3)SC(Br)N4)cc2cc1Cl. The number of ether oxygens (including phenoxy) is 1. The van der Waals surface area contributed by atoms with Crippen molar-refractivity contribution in [2.24, 2.45) is 0 Å². The van der Waals surface area contributed by atoms with E-state index in [1.54, 1.807) is 24.9 Å². The quantitative estimate of drug-likeness (QED) is 0.526. The number of furan rings is 1.